The third-order valence-corrected chi connectivity index (χ3v) is 3.06. The highest BCUT2D eigenvalue weighted by atomic mass is 16.3. The lowest BCUT2D eigenvalue weighted by molar-refractivity contribution is -0.850. The number of carbonyl (C=O) groups is 2. The molecule has 0 bridgehead atoms. The molecule has 0 spiro atoms. The van der Waals surface area contributed by atoms with Crippen LogP contribution < -0.4 is 0 Å². The zero-order valence-corrected chi connectivity index (χ0v) is 10.8. The van der Waals surface area contributed by atoms with Gasteiger partial charge in [0.1, 0.15) is 12.1 Å². The van der Waals surface area contributed by atoms with Crippen molar-refractivity contribution in [3.8, 4) is 0 Å². The van der Waals surface area contributed by atoms with E-state index in [-0.39, 0.29) is 33.7 Å². The zero-order chi connectivity index (χ0) is 12.8. The molecule has 0 aromatic rings. The predicted molar refractivity (Wildman–Crippen MR) is 59.2 cm³/mol. The summed E-state index contributed by atoms with van der Waals surface area (Å²) in [4.78, 5) is 23.7. The molecule has 1 aliphatic heterocycles. The Balaban J connectivity index is 2.82. The summed E-state index contributed by atoms with van der Waals surface area (Å²) >= 11 is 0. The SMILES string of the molecule is CC1(O)CC(=O)[N+](C)(CC(=O)[N+](C)(C)C)C1. The average molecular weight is 230 g/mol. The zero-order valence-electron chi connectivity index (χ0n) is 10.8. The van der Waals surface area contributed by atoms with Gasteiger partial charge in [-0.15, -0.1) is 0 Å². The first-order chi connectivity index (χ1) is 6.96. The van der Waals surface area contributed by atoms with E-state index >= 15 is 0 Å². The summed E-state index contributed by atoms with van der Waals surface area (Å²) in [5.41, 5.74) is -0.975. The van der Waals surface area contributed by atoms with Crippen molar-refractivity contribution >= 4 is 11.8 Å². The summed E-state index contributed by atoms with van der Waals surface area (Å²) in [6, 6.07) is 0. The molecule has 1 saturated heterocycles. The molecule has 1 N–H and O–H groups in total. The second kappa shape index (κ2) is 3.61. The van der Waals surface area contributed by atoms with Gasteiger partial charge in [0.25, 0.3) is 0 Å². The number of aliphatic hydroxyl groups is 1. The minimum atomic E-state index is -0.975. The molecule has 1 heterocycles. The van der Waals surface area contributed by atoms with E-state index in [0.29, 0.717) is 6.54 Å². The summed E-state index contributed by atoms with van der Waals surface area (Å²) in [6.07, 6.45) is 0.133. The Hall–Kier alpha value is -0.780. The Labute approximate surface area is 96.4 Å². The number of rotatable bonds is 2. The van der Waals surface area contributed by atoms with Crippen molar-refractivity contribution in [2.75, 3.05) is 41.3 Å². The molecule has 5 nitrogen and oxygen atoms in total. The Morgan fingerprint density at radius 1 is 1.50 bits per heavy atom. The van der Waals surface area contributed by atoms with Gasteiger partial charge in [-0.1, -0.05) is 0 Å². The van der Waals surface area contributed by atoms with Gasteiger partial charge < -0.3 is 5.11 Å². The Morgan fingerprint density at radius 2 is 2.00 bits per heavy atom. The lowest BCUT2D eigenvalue weighted by atomic mass is 10.1. The number of amides is 2. The normalized spacial score (nSPS) is 35.5. The Morgan fingerprint density at radius 3 is 2.31 bits per heavy atom. The lowest BCUT2D eigenvalue weighted by Crippen LogP contribution is -2.56. The largest absolute Gasteiger partial charge is 0.384 e. The van der Waals surface area contributed by atoms with Crippen LogP contribution in [0.4, 0.5) is 0 Å². The second-order valence-electron chi connectivity index (χ2n) is 6.19. The molecular formula is C11H22N2O3+2. The van der Waals surface area contributed by atoms with Gasteiger partial charge in [0.05, 0.1) is 34.6 Å². The van der Waals surface area contributed by atoms with E-state index in [1.165, 1.54) is 0 Å². The number of likely N-dealkylation sites (N-methyl/N-ethyl adjacent to an activating group) is 2. The second-order valence-corrected chi connectivity index (χ2v) is 6.19. The molecule has 0 aromatic heterocycles. The Kier molecular flexibility index (Phi) is 3.00. The monoisotopic (exact) mass is 230 g/mol. The first-order valence-corrected chi connectivity index (χ1v) is 5.41. The highest BCUT2D eigenvalue weighted by Crippen LogP contribution is 2.27. The topological polar surface area (TPSA) is 54.4 Å². The maximum atomic E-state index is 11.9. The molecule has 5 heteroatoms. The molecular weight excluding hydrogens is 208 g/mol. The number of carbonyl (C=O) groups excluding carboxylic acids is 2. The van der Waals surface area contributed by atoms with Crippen molar-refractivity contribution in [1.29, 1.82) is 0 Å². The van der Waals surface area contributed by atoms with Gasteiger partial charge >= 0.3 is 11.8 Å². The molecule has 2 atom stereocenters. The smallest absolute Gasteiger partial charge is 0.368 e. The minimum Gasteiger partial charge on any atom is -0.384 e. The van der Waals surface area contributed by atoms with Gasteiger partial charge in [0.15, 0.2) is 0 Å². The number of hydrogen-bond donors (Lipinski definition) is 1. The van der Waals surface area contributed by atoms with Crippen LogP contribution in [0.2, 0.25) is 0 Å². The molecule has 2 unspecified atom stereocenters. The third-order valence-electron chi connectivity index (χ3n) is 3.06. The van der Waals surface area contributed by atoms with E-state index in [2.05, 4.69) is 0 Å². The first kappa shape index (κ1) is 13.3. The van der Waals surface area contributed by atoms with Crippen LogP contribution in [0.3, 0.4) is 0 Å². The standard InChI is InChI=1S/C11H22N2O3/c1-11(16)6-9(14)13(5,8-11)7-10(15)12(2,3)4/h16H,6-8H2,1-5H3/q+2. The van der Waals surface area contributed by atoms with E-state index < -0.39 is 5.60 Å². The van der Waals surface area contributed by atoms with Crippen molar-refractivity contribution in [3.05, 3.63) is 0 Å². The van der Waals surface area contributed by atoms with E-state index in [1.807, 2.05) is 0 Å². The first-order valence-electron chi connectivity index (χ1n) is 5.41. The highest BCUT2D eigenvalue weighted by molar-refractivity contribution is 5.77. The Bertz CT molecular complexity index is 331. The maximum Gasteiger partial charge on any atom is 0.368 e. The van der Waals surface area contributed by atoms with Crippen molar-refractivity contribution in [2.45, 2.75) is 18.9 Å². The van der Waals surface area contributed by atoms with Crippen LogP contribution in [0.1, 0.15) is 13.3 Å². The molecule has 1 fully saturated rings. The van der Waals surface area contributed by atoms with Crippen LogP contribution in [0, 0.1) is 0 Å². The summed E-state index contributed by atoms with van der Waals surface area (Å²) < 4.78 is 0.213. The molecule has 1 aliphatic rings. The average Bonchev–Trinajstić information content (AvgIpc) is 2.17. The van der Waals surface area contributed by atoms with Crippen molar-refractivity contribution in [2.24, 2.45) is 0 Å². The highest BCUT2D eigenvalue weighted by Gasteiger charge is 2.52. The molecule has 2 amide bonds. The van der Waals surface area contributed by atoms with E-state index in [4.69, 9.17) is 0 Å². The third kappa shape index (κ3) is 2.66. The van der Waals surface area contributed by atoms with Gasteiger partial charge in [-0.25, -0.2) is 14.1 Å². The fourth-order valence-corrected chi connectivity index (χ4v) is 2.07. The fourth-order valence-electron chi connectivity index (χ4n) is 2.07. The van der Waals surface area contributed by atoms with Gasteiger partial charge in [0.2, 0.25) is 6.54 Å². The summed E-state index contributed by atoms with van der Waals surface area (Å²) in [6.45, 7) is 2.11. The molecule has 0 aromatic carbocycles. The quantitative estimate of drug-likeness (QED) is 0.641. The van der Waals surface area contributed by atoms with Crippen LogP contribution in [0.25, 0.3) is 0 Å². The predicted octanol–water partition coefficient (Wildman–Crippen LogP) is -0.653. The lowest BCUT2D eigenvalue weighted by Gasteiger charge is -2.29. The van der Waals surface area contributed by atoms with E-state index in [1.54, 1.807) is 35.1 Å². The molecule has 1 rings (SSSR count). The number of nitrogens with zero attached hydrogens (tertiary/aromatic N) is 2. The molecule has 0 saturated carbocycles. The van der Waals surface area contributed by atoms with Crippen molar-refractivity contribution in [3.63, 3.8) is 0 Å². The number of quaternary nitrogens is 2. The van der Waals surface area contributed by atoms with Crippen molar-refractivity contribution < 1.29 is 23.7 Å². The van der Waals surface area contributed by atoms with Crippen LogP contribution in [0.15, 0.2) is 0 Å². The summed E-state index contributed by atoms with van der Waals surface area (Å²) in [7, 11) is 7.07. The van der Waals surface area contributed by atoms with Gasteiger partial charge in [-0.3, -0.25) is 4.48 Å². The summed E-state index contributed by atoms with van der Waals surface area (Å²) in [5, 5.41) is 9.86. The van der Waals surface area contributed by atoms with E-state index in [0.717, 1.165) is 0 Å². The minimum absolute atomic E-state index is 0.00597. The van der Waals surface area contributed by atoms with Crippen LogP contribution in [-0.2, 0) is 9.59 Å². The maximum absolute atomic E-state index is 11.9. The van der Waals surface area contributed by atoms with Gasteiger partial charge in [-0.05, 0) is 6.92 Å². The molecule has 0 radical (unpaired) electrons. The number of likely N-dealkylation sites (tertiary alicyclic amines) is 1. The van der Waals surface area contributed by atoms with Gasteiger partial charge in [0, 0.05) is 0 Å². The van der Waals surface area contributed by atoms with Crippen LogP contribution in [0.5, 0.6) is 0 Å². The molecule has 92 valence electrons. The fraction of sp³-hybridized carbons (Fsp3) is 0.818. The molecule has 16 heavy (non-hydrogen) atoms. The van der Waals surface area contributed by atoms with Crippen LogP contribution >= 0.6 is 0 Å². The number of hydrogen-bond acceptors (Lipinski definition) is 3. The van der Waals surface area contributed by atoms with Gasteiger partial charge in [-0.2, -0.15) is 0 Å². The van der Waals surface area contributed by atoms with Crippen molar-refractivity contribution in [1.82, 2.24) is 0 Å². The van der Waals surface area contributed by atoms with Crippen LogP contribution in [-0.4, -0.2) is 72.8 Å². The molecule has 0 aliphatic carbocycles. The van der Waals surface area contributed by atoms with E-state index in [9.17, 15) is 14.7 Å². The summed E-state index contributed by atoms with van der Waals surface area (Å²) in [5.74, 6) is -0.0691.